The molecule has 0 radical (unpaired) electrons. The van der Waals surface area contributed by atoms with Crippen LogP contribution in [-0.2, 0) is 9.84 Å². The van der Waals surface area contributed by atoms with Crippen molar-refractivity contribution in [3.8, 4) is 0 Å². The van der Waals surface area contributed by atoms with Crippen LogP contribution in [0.15, 0.2) is 53.4 Å². The van der Waals surface area contributed by atoms with Gasteiger partial charge in [-0.1, -0.05) is 18.5 Å². The maximum atomic E-state index is 12.9. The second kappa shape index (κ2) is 9.08. The normalized spacial score (nSPS) is 15.2. The minimum absolute atomic E-state index is 0.0768. The molecule has 1 saturated heterocycles. The van der Waals surface area contributed by atoms with Crippen molar-refractivity contribution < 1.29 is 13.2 Å². The lowest BCUT2D eigenvalue weighted by Crippen LogP contribution is -2.44. The molecule has 1 amide bonds. The maximum absolute atomic E-state index is 12.9. The van der Waals surface area contributed by atoms with Crippen molar-refractivity contribution in [2.75, 3.05) is 23.7 Å². The van der Waals surface area contributed by atoms with E-state index < -0.39 is 9.84 Å². The van der Waals surface area contributed by atoms with Gasteiger partial charge in [-0.2, -0.15) is 0 Å². The second-order valence-corrected chi connectivity index (χ2v) is 10.8. The third-order valence-electron chi connectivity index (χ3n) is 5.98. The Labute approximate surface area is 193 Å². The number of carbonyl (C=O) groups excluding carboxylic acids is 1. The first kappa shape index (κ1) is 22.6. The van der Waals surface area contributed by atoms with E-state index in [1.807, 2.05) is 37.3 Å². The Bertz CT molecular complexity index is 1250. The van der Waals surface area contributed by atoms with Crippen molar-refractivity contribution in [3.63, 3.8) is 0 Å². The number of piperidine rings is 1. The summed E-state index contributed by atoms with van der Waals surface area (Å²) in [5, 5.41) is 4.60. The summed E-state index contributed by atoms with van der Waals surface area (Å²) in [6, 6.07) is 14.4. The predicted octanol–water partition coefficient (Wildman–Crippen LogP) is 4.39. The summed E-state index contributed by atoms with van der Waals surface area (Å²) < 4.78 is 24.0. The Balaban J connectivity index is 1.39. The Hall–Kier alpha value is -2.64. The highest BCUT2D eigenvalue weighted by Crippen LogP contribution is 2.24. The number of halogens is 1. The molecule has 1 aliphatic heterocycles. The van der Waals surface area contributed by atoms with E-state index in [1.165, 1.54) is 0 Å². The van der Waals surface area contributed by atoms with Gasteiger partial charge in [0.25, 0.3) is 5.91 Å². The number of fused-ring (bicyclic) bond motifs is 1. The van der Waals surface area contributed by atoms with Crippen molar-refractivity contribution in [3.05, 3.63) is 64.8 Å². The average Bonchev–Trinajstić information content (AvgIpc) is 2.79. The van der Waals surface area contributed by atoms with Gasteiger partial charge in [0.1, 0.15) is 0 Å². The van der Waals surface area contributed by atoms with Crippen molar-refractivity contribution in [1.29, 1.82) is 0 Å². The minimum atomic E-state index is -3.19. The molecule has 2 heterocycles. The van der Waals surface area contributed by atoms with Crippen molar-refractivity contribution in [2.24, 2.45) is 0 Å². The van der Waals surface area contributed by atoms with Gasteiger partial charge in [0, 0.05) is 35.2 Å². The van der Waals surface area contributed by atoms with E-state index in [0.29, 0.717) is 21.2 Å². The van der Waals surface area contributed by atoms with Crippen molar-refractivity contribution >= 4 is 43.9 Å². The number of aromatic nitrogens is 1. The van der Waals surface area contributed by atoms with Gasteiger partial charge in [0.05, 0.1) is 27.4 Å². The fraction of sp³-hybridized carbons (Fsp3) is 0.333. The number of pyridine rings is 1. The average molecular weight is 472 g/mol. The summed E-state index contributed by atoms with van der Waals surface area (Å²) in [4.78, 5) is 20.0. The van der Waals surface area contributed by atoms with Gasteiger partial charge in [-0.05, 0) is 68.3 Å². The number of hydrogen-bond donors (Lipinski definition) is 1. The first-order valence-electron chi connectivity index (χ1n) is 10.7. The Morgan fingerprint density at radius 2 is 1.81 bits per heavy atom. The molecule has 32 heavy (non-hydrogen) atoms. The zero-order chi connectivity index (χ0) is 22.9. The maximum Gasteiger partial charge on any atom is 0.253 e. The lowest BCUT2D eigenvalue weighted by molar-refractivity contribution is 0.0930. The lowest BCUT2D eigenvalue weighted by atomic mass is 10.0. The molecule has 1 aromatic heterocycles. The summed E-state index contributed by atoms with van der Waals surface area (Å²) in [6.07, 6.45) is 1.62. The minimum Gasteiger partial charge on any atom is -0.371 e. The fourth-order valence-electron chi connectivity index (χ4n) is 4.05. The molecular weight excluding hydrogens is 446 g/mol. The molecule has 0 aliphatic carbocycles. The van der Waals surface area contributed by atoms with Crippen LogP contribution in [0.4, 0.5) is 5.69 Å². The molecule has 1 N–H and O–H groups in total. The van der Waals surface area contributed by atoms with E-state index in [-0.39, 0.29) is 17.7 Å². The third kappa shape index (κ3) is 4.74. The van der Waals surface area contributed by atoms with Crippen LogP contribution in [-0.4, -0.2) is 44.2 Å². The Morgan fingerprint density at radius 1 is 1.12 bits per heavy atom. The third-order valence-corrected chi connectivity index (χ3v) is 7.97. The number of hydrogen-bond acceptors (Lipinski definition) is 5. The molecule has 8 heteroatoms. The molecule has 0 bridgehead atoms. The molecule has 0 unspecified atom stereocenters. The van der Waals surface area contributed by atoms with E-state index in [0.717, 1.165) is 42.5 Å². The van der Waals surface area contributed by atoms with Crippen molar-refractivity contribution in [2.45, 2.75) is 37.6 Å². The highest BCUT2D eigenvalue weighted by atomic mass is 35.5. The van der Waals surface area contributed by atoms with E-state index >= 15 is 0 Å². The predicted molar refractivity (Wildman–Crippen MR) is 128 cm³/mol. The number of carbonyl (C=O) groups is 1. The molecular formula is C24H26ClN3O3S. The largest absolute Gasteiger partial charge is 0.371 e. The standard InChI is InChI=1S/C24H26ClN3O3S/c1-3-32(30,31)21-7-5-20(6-8-21)28-12-10-19(11-13-28)27-24(29)22-15-17-14-18(25)4-9-23(17)26-16(22)2/h4-9,14-15,19H,3,10-13H2,1-2H3,(H,27,29). The molecule has 0 saturated carbocycles. The van der Waals surface area contributed by atoms with Gasteiger partial charge in [-0.3, -0.25) is 9.78 Å². The smallest absolute Gasteiger partial charge is 0.253 e. The Kier molecular flexibility index (Phi) is 6.40. The summed E-state index contributed by atoms with van der Waals surface area (Å²) in [5.74, 6) is -0.0270. The number of amides is 1. The number of sulfone groups is 1. The summed E-state index contributed by atoms with van der Waals surface area (Å²) >= 11 is 6.09. The van der Waals surface area contributed by atoms with Gasteiger partial charge < -0.3 is 10.2 Å². The zero-order valence-electron chi connectivity index (χ0n) is 18.1. The molecule has 4 rings (SSSR count). The summed E-state index contributed by atoms with van der Waals surface area (Å²) in [7, 11) is -3.19. The molecule has 2 aromatic carbocycles. The molecule has 0 spiro atoms. The molecule has 3 aromatic rings. The molecule has 1 fully saturated rings. The number of benzene rings is 2. The van der Waals surface area contributed by atoms with Crippen LogP contribution in [0, 0.1) is 6.92 Å². The summed E-state index contributed by atoms with van der Waals surface area (Å²) in [5.41, 5.74) is 3.07. The number of nitrogens with zero attached hydrogens (tertiary/aromatic N) is 2. The van der Waals surface area contributed by atoms with Crippen LogP contribution in [0.5, 0.6) is 0 Å². The van der Waals surface area contributed by atoms with Crippen LogP contribution in [0.25, 0.3) is 10.9 Å². The molecule has 168 valence electrons. The molecule has 0 atom stereocenters. The van der Waals surface area contributed by atoms with Crippen LogP contribution < -0.4 is 10.2 Å². The van der Waals surface area contributed by atoms with Crippen LogP contribution in [0.1, 0.15) is 35.8 Å². The summed E-state index contributed by atoms with van der Waals surface area (Å²) in [6.45, 7) is 5.06. The number of aryl methyl sites for hydroxylation is 1. The second-order valence-electron chi connectivity index (χ2n) is 8.09. The van der Waals surface area contributed by atoms with E-state index in [9.17, 15) is 13.2 Å². The van der Waals surface area contributed by atoms with Crippen LogP contribution in [0.2, 0.25) is 5.02 Å². The lowest BCUT2D eigenvalue weighted by Gasteiger charge is -2.34. The van der Waals surface area contributed by atoms with Crippen LogP contribution >= 0.6 is 11.6 Å². The highest BCUT2D eigenvalue weighted by Gasteiger charge is 2.23. The van der Waals surface area contributed by atoms with Gasteiger partial charge >= 0.3 is 0 Å². The van der Waals surface area contributed by atoms with Gasteiger partial charge in [-0.15, -0.1) is 0 Å². The monoisotopic (exact) mass is 471 g/mol. The zero-order valence-corrected chi connectivity index (χ0v) is 19.7. The first-order chi connectivity index (χ1) is 15.3. The van der Waals surface area contributed by atoms with Gasteiger partial charge in [0.2, 0.25) is 0 Å². The van der Waals surface area contributed by atoms with E-state index in [2.05, 4.69) is 15.2 Å². The van der Waals surface area contributed by atoms with Gasteiger partial charge in [0.15, 0.2) is 9.84 Å². The van der Waals surface area contributed by atoms with E-state index in [1.54, 1.807) is 25.1 Å². The topological polar surface area (TPSA) is 79.4 Å². The first-order valence-corrected chi connectivity index (χ1v) is 12.8. The number of nitrogens with one attached hydrogen (secondary N) is 1. The van der Waals surface area contributed by atoms with Gasteiger partial charge in [-0.25, -0.2) is 8.42 Å². The van der Waals surface area contributed by atoms with Crippen LogP contribution in [0.3, 0.4) is 0 Å². The van der Waals surface area contributed by atoms with E-state index in [4.69, 9.17) is 11.6 Å². The Morgan fingerprint density at radius 3 is 2.47 bits per heavy atom. The SMILES string of the molecule is CCS(=O)(=O)c1ccc(N2CCC(NC(=O)c3cc4cc(Cl)ccc4nc3C)CC2)cc1. The fourth-order valence-corrected chi connectivity index (χ4v) is 5.11. The molecule has 1 aliphatic rings. The molecule has 6 nitrogen and oxygen atoms in total. The van der Waals surface area contributed by atoms with Crippen molar-refractivity contribution in [1.82, 2.24) is 10.3 Å². The quantitative estimate of drug-likeness (QED) is 0.597. The number of anilines is 1. The number of rotatable bonds is 5. The highest BCUT2D eigenvalue weighted by molar-refractivity contribution is 7.91.